The Bertz CT molecular complexity index is 192. The van der Waals surface area contributed by atoms with E-state index in [1.165, 1.54) is 0 Å². The van der Waals surface area contributed by atoms with E-state index in [0.717, 1.165) is 19.3 Å². The van der Waals surface area contributed by atoms with Crippen molar-refractivity contribution in [1.82, 2.24) is 0 Å². The lowest BCUT2D eigenvalue weighted by Gasteiger charge is -2.32. The van der Waals surface area contributed by atoms with Gasteiger partial charge in [0.2, 0.25) is 0 Å². The number of Topliss-reactive ketones (excluding diaryl/α,β-unsaturated/α-hetero) is 1. The molecule has 2 heteroatoms. The van der Waals surface area contributed by atoms with Crippen LogP contribution in [0.5, 0.6) is 0 Å². The highest BCUT2D eigenvalue weighted by atomic mass is 16.1. The van der Waals surface area contributed by atoms with Crippen molar-refractivity contribution in [2.75, 3.05) is 0 Å². The summed E-state index contributed by atoms with van der Waals surface area (Å²) in [4.78, 5) is 11.0. The van der Waals surface area contributed by atoms with Gasteiger partial charge in [-0.2, -0.15) is 5.26 Å². The molecule has 1 rings (SSSR count). The van der Waals surface area contributed by atoms with Gasteiger partial charge in [-0.1, -0.05) is 13.3 Å². The van der Waals surface area contributed by atoms with E-state index in [0.29, 0.717) is 6.42 Å². The zero-order valence-electron chi connectivity index (χ0n) is 6.18. The molecule has 0 amide bonds. The van der Waals surface area contributed by atoms with E-state index in [1.54, 1.807) is 0 Å². The van der Waals surface area contributed by atoms with Crippen molar-refractivity contribution in [2.45, 2.75) is 32.6 Å². The molecule has 1 atom stereocenters. The smallest absolute Gasteiger partial charge is 0.153 e. The molecule has 1 aliphatic rings. The van der Waals surface area contributed by atoms with Gasteiger partial charge in [-0.05, 0) is 12.8 Å². The molecular formula is C8H11NO. The minimum atomic E-state index is -0.561. The van der Waals surface area contributed by atoms with Crippen LogP contribution >= 0.6 is 0 Å². The summed E-state index contributed by atoms with van der Waals surface area (Å²) < 4.78 is 0. The van der Waals surface area contributed by atoms with Gasteiger partial charge in [0.1, 0.15) is 5.41 Å². The molecule has 0 aromatic carbocycles. The molecule has 0 aromatic heterocycles. The lowest BCUT2D eigenvalue weighted by molar-refractivity contribution is -0.134. The van der Waals surface area contributed by atoms with E-state index in [9.17, 15) is 4.79 Å². The Kier molecular flexibility index (Phi) is 1.76. The predicted octanol–water partition coefficient (Wildman–Crippen LogP) is 1.66. The van der Waals surface area contributed by atoms with Gasteiger partial charge in [-0.3, -0.25) is 4.79 Å². The van der Waals surface area contributed by atoms with Gasteiger partial charge in [0, 0.05) is 6.42 Å². The summed E-state index contributed by atoms with van der Waals surface area (Å²) in [5.41, 5.74) is -0.561. The summed E-state index contributed by atoms with van der Waals surface area (Å²) in [6.45, 7) is 2.00. The second-order valence-electron chi connectivity index (χ2n) is 2.87. The maximum Gasteiger partial charge on any atom is 0.153 e. The van der Waals surface area contributed by atoms with Gasteiger partial charge in [0.15, 0.2) is 5.78 Å². The second-order valence-corrected chi connectivity index (χ2v) is 2.87. The van der Waals surface area contributed by atoms with Crippen LogP contribution in [0.15, 0.2) is 0 Å². The Balaban J connectivity index is 2.63. The Morgan fingerprint density at radius 2 is 2.50 bits per heavy atom. The Morgan fingerprint density at radius 3 is 2.60 bits per heavy atom. The first kappa shape index (κ1) is 7.27. The van der Waals surface area contributed by atoms with Gasteiger partial charge >= 0.3 is 0 Å². The topological polar surface area (TPSA) is 40.9 Å². The van der Waals surface area contributed by atoms with Crippen LogP contribution in [-0.4, -0.2) is 5.78 Å². The van der Waals surface area contributed by atoms with Crippen LogP contribution in [0.4, 0.5) is 0 Å². The molecule has 54 valence electrons. The van der Waals surface area contributed by atoms with Gasteiger partial charge < -0.3 is 0 Å². The SMILES string of the molecule is CCCC1(C#N)CCC1=O. The zero-order valence-corrected chi connectivity index (χ0v) is 6.18. The molecular weight excluding hydrogens is 126 g/mol. The molecule has 0 spiro atoms. The number of hydrogen-bond donors (Lipinski definition) is 0. The average molecular weight is 137 g/mol. The molecule has 1 saturated carbocycles. The second kappa shape index (κ2) is 2.42. The fourth-order valence-corrected chi connectivity index (χ4v) is 1.39. The molecule has 0 aromatic rings. The molecule has 1 unspecified atom stereocenters. The molecule has 10 heavy (non-hydrogen) atoms. The Hall–Kier alpha value is -0.840. The minimum Gasteiger partial charge on any atom is -0.298 e. The van der Waals surface area contributed by atoms with Crippen LogP contribution in [0.2, 0.25) is 0 Å². The van der Waals surface area contributed by atoms with Crippen molar-refractivity contribution in [2.24, 2.45) is 5.41 Å². The number of rotatable bonds is 2. The highest BCUT2D eigenvalue weighted by Gasteiger charge is 2.45. The maximum atomic E-state index is 11.0. The Labute approximate surface area is 60.8 Å². The third-order valence-electron chi connectivity index (χ3n) is 2.20. The third kappa shape index (κ3) is 0.824. The fourth-order valence-electron chi connectivity index (χ4n) is 1.39. The van der Waals surface area contributed by atoms with E-state index in [2.05, 4.69) is 6.07 Å². The summed E-state index contributed by atoms with van der Waals surface area (Å²) in [7, 11) is 0. The summed E-state index contributed by atoms with van der Waals surface area (Å²) in [5.74, 6) is 0.150. The monoisotopic (exact) mass is 137 g/mol. The van der Waals surface area contributed by atoms with Gasteiger partial charge in [-0.15, -0.1) is 0 Å². The van der Waals surface area contributed by atoms with Crippen LogP contribution in [0.25, 0.3) is 0 Å². The van der Waals surface area contributed by atoms with Crippen molar-refractivity contribution >= 4 is 5.78 Å². The number of nitriles is 1. The summed E-state index contributed by atoms with van der Waals surface area (Å²) in [6, 6.07) is 2.12. The van der Waals surface area contributed by atoms with Crippen molar-refractivity contribution in [3.63, 3.8) is 0 Å². The van der Waals surface area contributed by atoms with Gasteiger partial charge in [0.25, 0.3) is 0 Å². The van der Waals surface area contributed by atoms with Crippen LogP contribution in [0.1, 0.15) is 32.6 Å². The molecule has 1 aliphatic carbocycles. The van der Waals surface area contributed by atoms with Crippen molar-refractivity contribution in [3.05, 3.63) is 0 Å². The summed E-state index contributed by atoms with van der Waals surface area (Å²) in [6.07, 6.45) is 3.09. The van der Waals surface area contributed by atoms with Crippen molar-refractivity contribution < 1.29 is 4.79 Å². The van der Waals surface area contributed by atoms with Crippen LogP contribution in [0.3, 0.4) is 0 Å². The average Bonchev–Trinajstić information content (AvgIpc) is 1.97. The van der Waals surface area contributed by atoms with Crippen molar-refractivity contribution in [3.8, 4) is 6.07 Å². The van der Waals surface area contributed by atoms with Crippen LogP contribution < -0.4 is 0 Å². The highest BCUT2D eigenvalue weighted by Crippen LogP contribution is 2.40. The molecule has 0 radical (unpaired) electrons. The van der Waals surface area contributed by atoms with Gasteiger partial charge in [0.05, 0.1) is 6.07 Å². The summed E-state index contributed by atoms with van der Waals surface area (Å²) in [5, 5.41) is 8.67. The number of carbonyl (C=O) groups excluding carboxylic acids is 1. The third-order valence-corrected chi connectivity index (χ3v) is 2.20. The quantitative estimate of drug-likeness (QED) is 0.580. The summed E-state index contributed by atoms with van der Waals surface area (Å²) >= 11 is 0. The van der Waals surface area contributed by atoms with E-state index in [1.807, 2.05) is 6.92 Å². The highest BCUT2D eigenvalue weighted by molar-refractivity contribution is 5.92. The molecule has 0 bridgehead atoms. The van der Waals surface area contributed by atoms with E-state index >= 15 is 0 Å². The maximum absolute atomic E-state index is 11.0. The molecule has 0 heterocycles. The lowest BCUT2D eigenvalue weighted by Crippen LogP contribution is -2.39. The van der Waals surface area contributed by atoms with Crippen LogP contribution in [-0.2, 0) is 4.79 Å². The van der Waals surface area contributed by atoms with E-state index in [4.69, 9.17) is 5.26 Å². The lowest BCUT2D eigenvalue weighted by atomic mass is 9.66. The van der Waals surface area contributed by atoms with E-state index < -0.39 is 5.41 Å². The number of carbonyl (C=O) groups is 1. The number of nitrogens with zero attached hydrogens (tertiary/aromatic N) is 1. The first-order valence-corrected chi connectivity index (χ1v) is 3.70. The first-order chi connectivity index (χ1) is 4.75. The van der Waals surface area contributed by atoms with Crippen LogP contribution in [0, 0.1) is 16.7 Å². The molecule has 2 nitrogen and oxygen atoms in total. The van der Waals surface area contributed by atoms with Gasteiger partial charge in [-0.25, -0.2) is 0 Å². The number of hydrogen-bond acceptors (Lipinski definition) is 2. The molecule has 0 N–H and O–H groups in total. The molecule has 1 fully saturated rings. The predicted molar refractivity (Wildman–Crippen MR) is 37.2 cm³/mol. The van der Waals surface area contributed by atoms with Crippen molar-refractivity contribution in [1.29, 1.82) is 5.26 Å². The standard InChI is InChI=1S/C8H11NO/c1-2-4-8(6-9)5-3-7(8)10/h2-5H2,1H3. The minimum absolute atomic E-state index is 0.150. The normalized spacial score (nSPS) is 31.0. The number of ketones is 1. The largest absolute Gasteiger partial charge is 0.298 e. The zero-order chi connectivity index (χ0) is 7.61. The Morgan fingerprint density at radius 1 is 1.80 bits per heavy atom. The first-order valence-electron chi connectivity index (χ1n) is 3.70. The van der Waals surface area contributed by atoms with E-state index in [-0.39, 0.29) is 5.78 Å². The fraction of sp³-hybridized carbons (Fsp3) is 0.750. The molecule has 0 aliphatic heterocycles. The molecule has 0 saturated heterocycles.